The van der Waals surface area contributed by atoms with Gasteiger partial charge in [0.05, 0.1) is 5.92 Å². The lowest BCUT2D eigenvalue weighted by molar-refractivity contribution is -0.158. The number of carbonyl (C=O) groups excluding carboxylic acids is 2. The predicted molar refractivity (Wildman–Crippen MR) is 59.0 cm³/mol. The average Bonchev–Trinajstić information content (AvgIpc) is 2.24. The van der Waals surface area contributed by atoms with Gasteiger partial charge in [0.2, 0.25) is 0 Å². The van der Waals surface area contributed by atoms with Crippen LogP contribution in [0.25, 0.3) is 0 Å². The minimum Gasteiger partial charge on any atom is -0.353 e. The Morgan fingerprint density at radius 3 is 2.06 bits per heavy atom. The molecule has 1 saturated carbocycles. The van der Waals surface area contributed by atoms with Crippen molar-refractivity contribution in [2.24, 2.45) is 5.92 Å². The summed E-state index contributed by atoms with van der Waals surface area (Å²) in [6.45, 7) is 4.80. The van der Waals surface area contributed by atoms with Gasteiger partial charge < -0.3 is 9.47 Å². The largest absolute Gasteiger partial charge is 0.353 e. The van der Waals surface area contributed by atoms with Crippen molar-refractivity contribution in [1.29, 1.82) is 0 Å². The van der Waals surface area contributed by atoms with Gasteiger partial charge in [-0.15, -0.1) is 0 Å². The van der Waals surface area contributed by atoms with Crippen LogP contribution in [-0.2, 0) is 19.1 Å². The predicted octanol–water partition coefficient (Wildman–Crippen LogP) is 1.71. The van der Waals surface area contributed by atoms with Crippen LogP contribution in [-0.4, -0.2) is 31.1 Å². The summed E-state index contributed by atoms with van der Waals surface area (Å²) in [7, 11) is 0. The minimum absolute atomic E-state index is 0.0423. The fourth-order valence-electron chi connectivity index (χ4n) is 1.98. The van der Waals surface area contributed by atoms with Gasteiger partial charge in [-0.3, -0.25) is 9.59 Å². The number of hydrogen-bond acceptors (Lipinski definition) is 4. The lowest BCUT2D eigenvalue weighted by Crippen LogP contribution is -2.33. The average molecular weight is 228 g/mol. The number of ether oxygens (including phenoxy) is 2. The summed E-state index contributed by atoms with van der Waals surface area (Å²) in [4.78, 5) is 23.2. The lowest BCUT2D eigenvalue weighted by Gasteiger charge is -2.24. The molecule has 1 rings (SSSR count). The number of ketones is 2. The van der Waals surface area contributed by atoms with Crippen molar-refractivity contribution in [3.8, 4) is 0 Å². The lowest BCUT2D eigenvalue weighted by atomic mass is 9.84. The van der Waals surface area contributed by atoms with Gasteiger partial charge in [-0.05, 0) is 20.3 Å². The molecule has 0 atom stereocenters. The molecule has 0 saturated heterocycles. The zero-order chi connectivity index (χ0) is 12.0. The molecule has 0 aromatic rings. The van der Waals surface area contributed by atoms with Crippen molar-refractivity contribution in [2.75, 3.05) is 13.2 Å². The summed E-state index contributed by atoms with van der Waals surface area (Å²) in [6, 6.07) is 0. The normalized spacial score (nSPS) is 18.4. The van der Waals surface area contributed by atoms with Crippen LogP contribution in [0, 0.1) is 5.92 Å². The quantitative estimate of drug-likeness (QED) is 0.513. The molecule has 1 fully saturated rings. The molecule has 1 aliphatic rings. The van der Waals surface area contributed by atoms with Crippen LogP contribution < -0.4 is 0 Å². The zero-order valence-corrected chi connectivity index (χ0v) is 10.0. The van der Waals surface area contributed by atoms with Gasteiger partial charge in [0.15, 0.2) is 6.29 Å². The minimum atomic E-state index is -0.503. The van der Waals surface area contributed by atoms with E-state index in [1.54, 1.807) is 0 Å². The highest BCUT2D eigenvalue weighted by molar-refractivity contribution is 6.04. The van der Waals surface area contributed by atoms with E-state index in [0.717, 1.165) is 0 Å². The first kappa shape index (κ1) is 13.3. The molecule has 16 heavy (non-hydrogen) atoms. The van der Waals surface area contributed by atoms with Gasteiger partial charge in [0, 0.05) is 32.5 Å². The third kappa shape index (κ3) is 3.68. The SMILES string of the molecule is CCOC(CC1C(=O)CCCC1=O)OCC. The molecule has 0 unspecified atom stereocenters. The maximum Gasteiger partial charge on any atom is 0.158 e. The molecule has 0 radical (unpaired) electrons. The Hall–Kier alpha value is -0.740. The standard InChI is InChI=1S/C12H20O4/c1-3-15-12(16-4-2)8-9-10(13)6-5-7-11(9)14/h9,12H,3-8H2,1-2H3. The molecular formula is C12H20O4. The van der Waals surface area contributed by atoms with Crippen molar-refractivity contribution in [2.45, 2.75) is 45.8 Å². The van der Waals surface area contributed by atoms with Crippen LogP contribution in [0.5, 0.6) is 0 Å². The maximum absolute atomic E-state index is 11.6. The number of rotatable bonds is 6. The second-order valence-corrected chi connectivity index (χ2v) is 3.91. The Balaban J connectivity index is 2.53. The summed E-state index contributed by atoms with van der Waals surface area (Å²) in [5.41, 5.74) is 0. The third-order valence-corrected chi connectivity index (χ3v) is 2.76. The van der Waals surface area contributed by atoms with Gasteiger partial charge in [0.1, 0.15) is 11.6 Å². The van der Waals surface area contributed by atoms with Crippen molar-refractivity contribution < 1.29 is 19.1 Å². The molecule has 92 valence electrons. The van der Waals surface area contributed by atoms with Crippen LogP contribution in [0.4, 0.5) is 0 Å². The third-order valence-electron chi connectivity index (χ3n) is 2.76. The summed E-state index contributed by atoms with van der Waals surface area (Å²) in [6.07, 6.45) is 1.68. The number of hydrogen-bond donors (Lipinski definition) is 0. The molecule has 0 bridgehead atoms. The van der Waals surface area contributed by atoms with Gasteiger partial charge in [-0.25, -0.2) is 0 Å². The molecule has 0 aliphatic heterocycles. The monoisotopic (exact) mass is 228 g/mol. The zero-order valence-electron chi connectivity index (χ0n) is 10.0. The van der Waals surface area contributed by atoms with E-state index in [-0.39, 0.29) is 11.6 Å². The molecule has 0 aromatic heterocycles. The number of carbonyl (C=O) groups is 2. The maximum atomic E-state index is 11.6. The van der Waals surface area contributed by atoms with Crippen molar-refractivity contribution in [3.05, 3.63) is 0 Å². The Morgan fingerprint density at radius 1 is 1.12 bits per heavy atom. The molecular weight excluding hydrogens is 208 g/mol. The van der Waals surface area contributed by atoms with Gasteiger partial charge in [0.25, 0.3) is 0 Å². The molecule has 1 aliphatic carbocycles. The van der Waals surface area contributed by atoms with Crippen molar-refractivity contribution in [1.82, 2.24) is 0 Å². The summed E-state index contributed by atoms with van der Waals surface area (Å²) >= 11 is 0. The van der Waals surface area contributed by atoms with Gasteiger partial charge >= 0.3 is 0 Å². The summed E-state index contributed by atoms with van der Waals surface area (Å²) < 4.78 is 10.7. The Bertz CT molecular complexity index is 227. The van der Waals surface area contributed by atoms with Crippen molar-refractivity contribution in [3.63, 3.8) is 0 Å². The molecule has 4 nitrogen and oxygen atoms in total. The van der Waals surface area contributed by atoms with E-state index in [4.69, 9.17) is 9.47 Å². The fourth-order valence-corrected chi connectivity index (χ4v) is 1.98. The van der Waals surface area contributed by atoms with E-state index in [9.17, 15) is 9.59 Å². The van der Waals surface area contributed by atoms with Crippen LogP contribution in [0.2, 0.25) is 0 Å². The Morgan fingerprint density at radius 2 is 1.62 bits per heavy atom. The fraction of sp³-hybridized carbons (Fsp3) is 0.833. The molecule has 0 amide bonds. The highest BCUT2D eigenvalue weighted by Crippen LogP contribution is 2.23. The van der Waals surface area contributed by atoms with Gasteiger partial charge in [-0.2, -0.15) is 0 Å². The van der Waals surface area contributed by atoms with Crippen LogP contribution in [0.15, 0.2) is 0 Å². The Labute approximate surface area is 96.3 Å². The highest BCUT2D eigenvalue weighted by Gasteiger charge is 2.32. The molecule has 0 spiro atoms. The topological polar surface area (TPSA) is 52.6 Å². The first-order valence-electron chi connectivity index (χ1n) is 5.97. The van der Waals surface area contributed by atoms with E-state index >= 15 is 0 Å². The molecule has 0 aromatic carbocycles. The highest BCUT2D eigenvalue weighted by atomic mass is 16.7. The first-order valence-corrected chi connectivity index (χ1v) is 5.97. The smallest absolute Gasteiger partial charge is 0.158 e. The van der Waals surface area contributed by atoms with E-state index in [2.05, 4.69) is 0 Å². The molecule has 0 heterocycles. The van der Waals surface area contributed by atoms with E-state index in [1.165, 1.54) is 0 Å². The Kier molecular flexibility index (Phi) is 5.63. The summed E-state index contributed by atoms with van der Waals surface area (Å²) in [5, 5.41) is 0. The second kappa shape index (κ2) is 6.76. The summed E-state index contributed by atoms with van der Waals surface area (Å²) in [5.74, 6) is -0.418. The van der Waals surface area contributed by atoms with Crippen molar-refractivity contribution >= 4 is 11.6 Å². The molecule has 4 heteroatoms. The molecule has 0 N–H and O–H groups in total. The van der Waals surface area contributed by atoms with Crippen LogP contribution >= 0.6 is 0 Å². The first-order chi connectivity index (χ1) is 7.69. The van der Waals surface area contributed by atoms with E-state index in [1.807, 2.05) is 13.8 Å². The van der Waals surface area contributed by atoms with Crippen LogP contribution in [0.1, 0.15) is 39.5 Å². The second-order valence-electron chi connectivity index (χ2n) is 3.91. The van der Waals surface area contributed by atoms with Gasteiger partial charge in [-0.1, -0.05) is 0 Å². The number of Topliss-reactive ketones (excluding diaryl/α,β-unsaturated/α-hetero) is 2. The van der Waals surface area contributed by atoms with E-state index in [0.29, 0.717) is 38.9 Å². The van der Waals surface area contributed by atoms with E-state index < -0.39 is 12.2 Å². The van der Waals surface area contributed by atoms with Crippen LogP contribution in [0.3, 0.4) is 0 Å².